The molecule has 1 aliphatic heterocycles. The van der Waals surface area contributed by atoms with Gasteiger partial charge in [-0.3, -0.25) is 14.2 Å². The number of hydroxylamine groups is 2. The Morgan fingerprint density at radius 1 is 1.64 bits per heavy atom. The molecule has 0 radical (unpaired) electrons. The second-order valence-electron chi connectivity index (χ2n) is 2.07. The van der Waals surface area contributed by atoms with Crippen molar-refractivity contribution in [1.82, 2.24) is 5.06 Å². The molecule has 1 amide bonds. The van der Waals surface area contributed by atoms with E-state index in [4.69, 9.17) is 4.55 Å². The van der Waals surface area contributed by atoms with Crippen molar-refractivity contribution >= 4 is 16.0 Å². The minimum absolute atomic E-state index is 0.270. The van der Waals surface area contributed by atoms with Crippen LogP contribution >= 0.6 is 0 Å². The molecule has 0 unspecified atom stereocenters. The van der Waals surface area contributed by atoms with E-state index in [9.17, 15) is 13.2 Å². The highest BCUT2D eigenvalue weighted by Gasteiger charge is 2.26. The third-order valence-electron chi connectivity index (χ3n) is 1.16. The topological polar surface area (TPSA) is 83.9 Å². The predicted octanol–water partition coefficient (Wildman–Crippen LogP) is -1.00. The molecule has 0 bridgehead atoms. The smallest absolute Gasteiger partial charge is 0.284 e. The van der Waals surface area contributed by atoms with E-state index in [0.29, 0.717) is 13.0 Å². The fourth-order valence-electron chi connectivity index (χ4n) is 0.561. The van der Waals surface area contributed by atoms with E-state index in [0.717, 1.165) is 5.06 Å². The maximum Gasteiger partial charge on any atom is 0.292 e. The molecule has 1 heterocycles. The van der Waals surface area contributed by atoms with Gasteiger partial charge >= 0.3 is 0 Å². The van der Waals surface area contributed by atoms with Crippen LogP contribution in [0.5, 0.6) is 0 Å². The van der Waals surface area contributed by atoms with Crippen LogP contribution < -0.4 is 0 Å². The lowest BCUT2D eigenvalue weighted by Crippen LogP contribution is -2.43. The highest BCUT2D eigenvalue weighted by molar-refractivity contribution is 7.85. The highest BCUT2D eigenvalue weighted by Crippen LogP contribution is 2.08. The molecule has 1 aliphatic rings. The van der Waals surface area contributed by atoms with Gasteiger partial charge in [-0.2, -0.15) is 8.42 Å². The molecule has 64 valence electrons. The molecule has 0 aromatic heterocycles. The van der Waals surface area contributed by atoms with E-state index >= 15 is 0 Å². The van der Waals surface area contributed by atoms with Gasteiger partial charge in [-0.1, -0.05) is 0 Å². The molecule has 0 saturated carbocycles. The first-order valence-corrected chi connectivity index (χ1v) is 4.48. The monoisotopic (exact) mass is 181 g/mol. The number of carbonyl (C=O) groups is 1. The van der Waals surface area contributed by atoms with Crippen LogP contribution in [-0.4, -0.2) is 36.4 Å². The minimum atomic E-state index is -4.13. The van der Waals surface area contributed by atoms with Gasteiger partial charge < -0.3 is 0 Å². The maximum atomic E-state index is 10.5. The molecule has 1 rings (SSSR count). The molecule has 0 atom stereocenters. The molecule has 11 heavy (non-hydrogen) atoms. The fraction of sp³-hybridized carbons (Fsp3) is 0.750. The van der Waals surface area contributed by atoms with Crippen molar-refractivity contribution in [3.63, 3.8) is 0 Å². The molecular weight excluding hydrogens is 174 g/mol. The number of β-lactam (4-membered cyclic amide) rings is 1. The molecule has 1 saturated heterocycles. The van der Waals surface area contributed by atoms with E-state index in [-0.39, 0.29) is 5.91 Å². The van der Waals surface area contributed by atoms with Gasteiger partial charge in [0.1, 0.15) is 0 Å². The summed E-state index contributed by atoms with van der Waals surface area (Å²) in [7, 11) is -4.13. The van der Waals surface area contributed by atoms with Gasteiger partial charge in [0.25, 0.3) is 10.1 Å². The standard InChI is InChI=1S/C4H7NO5S/c6-4-1-2-5(4)10-3-11(7,8)9/h1-3H2,(H,7,8,9). The second kappa shape index (κ2) is 2.76. The zero-order valence-electron chi connectivity index (χ0n) is 5.56. The lowest BCUT2D eigenvalue weighted by molar-refractivity contribution is -0.200. The summed E-state index contributed by atoms with van der Waals surface area (Å²) in [5.74, 6) is -1.13. The lowest BCUT2D eigenvalue weighted by atomic mass is 10.3. The molecule has 7 heteroatoms. The average Bonchev–Trinajstić information content (AvgIpc) is 1.82. The summed E-state index contributed by atoms with van der Waals surface area (Å²) >= 11 is 0. The van der Waals surface area contributed by atoms with Gasteiger partial charge in [0.05, 0.1) is 6.54 Å². The van der Waals surface area contributed by atoms with Crippen molar-refractivity contribution in [1.29, 1.82) is 0 Å². The van der Waals surface area contributed by atoms with Crippen molar-refractivity contribution in [2.24, 2.45) is 0 Å². The van der Waals surface area contributed by atoms with E-state index in [2.05, 4.69) is 4.84 Å². The van der Waals surface area contributed by atoms with Gasteiger partial charge in [0, 0.05) is 6.42 Å². The number of nitrogens with zero attached hydrogens (tertiary/aromatic N) is 1. The van der Waals surface area contributed by atoms with Crippen LogP contribution in [0, 0.1) is 0 Å². The van der Waals surface area contributed by atoms with Crippen LogP contribution in [0.2, 0.25) is 0 Å². The summed E-state index contributed by atoms with van der Waals surface area (Å²) < 4.78 is 28.3. The Balaban J connectivity index is 2.28. The van der Waals surface area contributed by atoms with Crippen LogP contribution in [0.1, 0.15) is 6.42 Å². The van der Waals surface area contributed by atoms with Gasteiger partial charge in [0.2, 0.25) is 11.8 Å². The Morgan fingerprint density at radius 2 is 2.27 bits per heavy atom. The molecule has 1 fully saturated rings. The van der Waals surface area contributed by atoms with Crippen LogP contribution in [0.25, 0.3) is 0 Å². The van der Waals surface area contributed by atoms with Crippen LogP contribution in [0.15, 0.2) is 0 Å². The largest absolute Gasteiger partial charge is 0.292 e. The van der Waals surface area contributed by atoms with E-state index in [1.807, 2.05) is 0 Å². The van der Waals surface area contributed by atoms with Gasteiger partial charge in [-0.25, -0.2) is 5.06 Å². The van der Waals surface area contributed by atoms with Crippen LogP contribution in [0.3, 0.4) is 0 Å². The predicted molar refractivity (Wildman–Crippen MR) is 33.8 cm³/mol. The van der Waals surface area contributed by atoms with E-state index in [1.165, 1.54) is 0 Å². The zero-order valence-corrected chi connectivity index (χ0v) is 6.37. The third-order valence-corrected chi connectivity index (χ3v) is 1.57. The molecule has 0 aromatic carbocycles. The van der Waals surface area contributed by atoms with E-state index in [1.54, 1.807) is 0 Å². The number of hydrogen-bond acceptors (Lipinski definition) is 4. The molecular formula is C4H7NO5S. The van der Waals surface area contributed by atoms with Gasteiger partial charge in [-0.05, 0) is 0 Å². The number of carbonyl (C=O) groups excluding carboxylic acids is 1. The Morgan fingerprint density at radius 3 is 2.55 bits per heavy atom. The van der Waals surface area contributed by atoms with Crippen molar-refractivity contribution in [2.45, 2.75) is 6.42 Å². The zero-order chi connectivity index (χ0) is 8.48. The maximum absolute atomic E-state index is 10.5. The van der Waals surface area contributed by atoms with Gasteiger partial charge in [0.15, 0.2) is 0 Å². The third kappa shape index (κ3) is 2.45. The quantitative estimate of drug-likeness (QED) is 0.445. The Labute approximate surface area is 63.4 Å². The molecule has 1 N–H and O–H groups in total. The normalized spacial score (nSPS) is 18.3. The van der Waals surface area contributed by atoms with Gasteiger partial charge in [-0.15, -0.1) is 0 Å². The Kier molecular flexibility index (Phi) is 2.12. The summed E-state index contributed by atoms with van der Waals surface area (Å²) in [5.41, 5.74) is 0. The Bertz CT molecular complexity index is 258. The first-order valence-electron chi connectivity index (χ1n) is 2.87. The van der Waals surface area contributed by atoms with Crippen molar-refractivity contribution in [3.05, 3.63) is 0 Å². The van der Waals surface area contributed by atoms with Crippen molar-refractivity contribution in [3.8, 4) is 0 Å². The van der Waals surface area contributed by atoms with E-state index < -0.39 is 16.1 Å². The number of hydrogen-bond donors (Lipinski definition) is 1. The summed E-state index contributed by atoms with van der Waals surface area (Å²) in [6.45, 7) is 0.383. The fourth-order valence-corrected chi connectivity index (χ4v) is 0.822. The molecule has 0 spiro atoms. The molecule has 0 aliphatic carbocycles. The first kappa shape index (κ1) is 8.44. The number of amides is 1. The molecule has 6 nitrogen and oxygen atoms in total. The highest BCUT2D eigenvalue weighted by atomic mass is 32.2. The first-order chi connectivity index (χ1) is 4.99. The Hall–Kier alpha value is -0.660. The second-order valence-corrected chi connectivity index (χ2v) is 3.47. The average molecular weight is 181 g/mol. The van der Waals surface area contributed by atoms with Crippen molar-refractivity contribution in [2.75, 3.05) is 12.5 Å². The SMILES string of the molecule is O=C1CCN1OCS(=O)(=O)O. The van der Waals surface area contributed by atoms with Crippen LogP contribution in [-0.2, 0) is 19.8 Å². The molecule has 0 aromatic rings. The summed E-state index contributed by atoms with van der Waals surface area (Å²) in [5, 5.41) is 0.897. The minimum Gasteiger partial charge on any atom is -0.284 e. The number of rotatable bonds is 3. The summed E-state index contributed by atoms with van der Waals surface area (Å²) in [6, 6.07) is 0. The summed E-state index contributed by atoms with van der Waals surface area (Å²) in [4.78, 5) is 14.9. The van der Waals surface area contributed by atoms with Crippen molar-refractivity contribution < 1.29 is 22.6 Å². The van der Waals surface area contributed by atoms with Crippen LogP contribution in [0.4, 0.5) is 0 Å². The lowest BCUT2D eigenvalue weighted by Gasteiger charge is -2.28. The summed E-state index contributed by atoms with van der Waals surface area (Å²) in [6.07, 6.45) is 0.367.